The number of hydrogen-bond acceptors (Lipinski definition) is 1. The van der Waals surface area contributed by atoms with Gasteiger partial charge in [-0.1, -0.05) is 6.47 Å². The zero-order chi connectivity index (χ0) is 2.71. The largest absolute Gasteiger partial charge is 0.693 e. The van der Waals surface area contributed by atoms with Crippen molar-refractivity contribution in [3.8, 4) is 0 Å². The molecular formula is CH3AgNO2-2. The molecule has 0 aromatic heterocycles. The Kier molecular flexibility index (Phi) is 117. The average Bonchev–Trinajstić information content (AvgIpc) is 0.918. The molecule has 0 unspecified atom stereocenters. The minimum atomic E-state index is 0. The third-order valence-electron chi connectivity index (χ3n) is 0. The molecule has 0 aliphatic carbocycles. The minimum Gasteiger partial charge on any atom is -0.693 e. The van der Waals surface area contributed by atoms with Gasteiger partial charge in [0.1, 0.15) is 0 Å². The second-order valence-corrected chi connectivity index (χ2v) is 0.0913. The van der Waals surface area contributed by atoms with Crippen molar-refractivity contribution in [2.75, 3.05) is 0 Å². The first-order valence-electron chi connectivity index (χ1n) is 0.428. The first kappa shape index (κ1) is 19.1. The average molecular weight is 169 g/mol. The molecule has 1 radical (unpaired) electrons. The molecular weight excluding hydrogens is 166 g/mol. The summed E-state index contributed by atoms with van der Waals surface area (Å²) in [7, 11) is 0. The maximum Gasteiger partial charge on any atom is 0 e. The van der Waals surface area contributed by atoms with E-state index >= 15 is 0 Å². The molecule has 0 saturated carbocycles. The van der Waals surface area contributed by atoms with Gasteiger partial charge in [-0.2, -0.15) is 0 Å². The van der Waals surface area contributed by atoms with Gasteiger partial charge in [0.15, 0.2) is 0 Å². The Balaban J connectivity index is -0.0000000200. The van der Waals surface area contributed by atoms with Gasteiger partial charge in [0.25, 0.3) is 0 Å². The molecule has 0 aliphatic heterocycles. The van der Waals surface area contributed by atoms with E-state index in [0.717, 1.165) is 0 Å². The van der Waals surface area contributed by atoms with Crippen LogP contribution in [0.4, 0.5) is 0 Å². The molecule has 0 saturated heterocycles. The van der Waals surface area contributed by atoms with Crippen LogP contribution in [0.3, 0.4) is 0 Å². The van der Waals surface area contributed by atoms with Crippen LogP contribution in [-0.4, -0.2) is 11.6 Å². The predicted molar refractivity (Wildman–Crippen MR) is 13.6 cm³/mol. The summed E-state index contributed by atoms with van der Waals surface area (Å²) >= 11 is 0. The van der Waals surface area contributed by atoms with Gasteiger partial charge in [0.05, 0.1) is 0 Å². The van der Waals surface area contributed by atoms with Crippen LogP contribution >= 0.6 is 0 Å². The van der Waals surface area contributed by atoms with E-state index in [0.29, 0.717) is 6.47 Å². The summed E-state index contributed by atoms with van der Waals surface area (Å²) in [4.78, 5) is 8.24. The first-order chi connectivity index (χ1) is 1.41. The fourth-order valence-corrected chi connectivity index (χ4v) is 0. The molecule has 5 heavy (non-hydrogen) atoms. The summed E-state index contributed by atoms with van der Waals surface area (Å²) in [6.07, 6.45) is 0. The molecule has 3 nitrogen and oxygen atoms in total. The van der Waals surface area contributed by atoms with Gasteiger partial charge in [-0.3, -0.25) is 0 Å². The Hall–Kier alpha value is 0.170. The molecule has 0 spiro atoms. The topological polar surface area (TPSA) is 70.8 Å². The van der Waals surface area contributed by atoms with Crippen molar-refractivity contribution in [2.24, 2.45) is 0 Å². The third kappa shape index (κ3) is 678. The third-order valence-corrected chi connectivity index (χ3v) is 0. The molecule has 0 atom stereocenters. The second kappa shape index (κ2) is 30.6. The van der Waals surface area contributed by atoms with Crippen LogP contribution in [0.2, 0.25) is 0 Å². The Labute approximate surface area is 45.5 Å². The van der Waals surface area contributed by atoms with E-state index in [2.05, 4.69) is 0 Å². The summed E-state index contributed by atoms with van der Waals surface area (Å²) in [5.41, 5.74) is 0. The molecule has 0 fully saturated rings. The Bertz CT molecular complexity index is 17.1. The van der Waals surface area contributed by atoms with Crippen LogP contribution in [0.1, 0.15) is 0 Å². The zero-order valence-corrected chi connectivity index (χ0v) is 3.72. The van der Waals surface area contributed by atoms with Crippen molar-refractivity contribution < 1.29 is 32.3 Å². The van der Waals surface area contributed by atoms with E-state index in [1.54, 1.807) is 0 Å². The standard InChI is InChI=1S/CHO2.Ag.H2N/c2-1-3;;/h(H,2,3);;1H2/q-1;;-1. The van der Waals surface area contributed by atoms with E-state index in [9.17, 15) is 0 Å². The van der Waals surface area contributed by atoms with Gasteiger partial charge >= 0.3 is 0 Å². The van der Waals surface area contributed by atoms with Crippen molar-refractivity contribution >= 4 is 6.47 Å². The van der Waals surface area contributed by atoms with Gasteiger partial charge in [-0.25, -0.2) is 0 Å². The predicted octanol–water partition coefficient (Wildman–Crippen LogP) is 0.326. The second-order valence-electron chi connectivity index (χ2n) is 0.0913. The molecule has 0 heterocycles. The number of aliphatic hydroxyl groups excluding tert-OH is 1. The fraction of sp³-hybridized carbons (Fsp3) is 0. The molecule has 0 aromatic rings. The van der Waals surface area contributed by atoms with Gasteiger partial charge < -0.3 is 16.1 Å². The van der Waals surface area contributed by atoms with Crippen molar-refractivity contribution in [3.05, 3.63) is 6.15 Å². The van der Waals surface area contributed by atoms with Crippen LogP contribution in [0.25, 0.3) is 6.15 Å². The maximum absolute atomic E-state index is 8.24. The summed E-state index contributed by atoms with van der Waals surface area (Å²) in [5.74, 6) is 0. The summed E-state index contributed by atoms with van der Waals surface area (Å²) < 4.78 is 0. The van der Waals surface area contributed by atoms with Gasteiger partial charge in [0.2, 0.25) is 0 Å². The molecule has 0 amide bonds. The van der Waals surface area contributed by atoms with Crippen LogP contribution in [0.15, 0.2) is 0 Å². The number of rotatable bonds is 0. The van der Waals surface area contributed by atoms with E-state index in [-0.39, 0.29) is 28.5 Å². The Morgan fingerprint density at radius 3 is 1.60 bits per heavy atom. The van der Waals surface area contributed by atoms with Gasteiger partial charge in [0, 0.05) is 22.4 Å². The van der Waals surface area contributed by atoms with Crippen LogP contribution in [0.5, 0.6) is 0 Å². The monoisotopic (exact) mass is 168 g/mol. The number of nitrogens with two attached hydrogens (primary N) is 1. The van der Waals surface area contributed by atoms with Gasteiger partial charge in [-0.15, -0.1) is 0 Å². The molecule has 3 N–H and O–H groups in total. The Morgan fingerprint density at radius 1 is 1.60 bits per heavy atom. The summed E-state index contributed by atoms with van der Waals surface area (Å²) in [6.45, 7) is 0.500. The van der Waals surface area contributed by atoms with E-state index in [4.69, 9.17) is 9.90 Å². The van der Waals surface area contributed by atoms with Crippen molar-refractivity contribution in [1.29, 1.82) is 0 Å². The van der Waals surface area contributed by atoms with E-state index < -0.39 is 0 Å². The zero-order valence-electron chi connectivity index (χ0n) is 2.23. The van der Waals surface area contributed by atoms with Crippen LogP contribution in [0, 0.1) is 0 Å². The number of hydrogen-bond donors (Lipinski definition) is 1. The molecule has 0 rings (SSSR count). The van der Waals surface area contributed by atoms with Crippen LogP contribution < -0.4 is 0 Å². The first-order valence-corrected chi connectivity index (χ1v) is 0.428. The molecule has 37 valence electrons. The van der Waals surface area contributed by atoms with Crippen molar-refractivity contribution in [1.82, 2.24) is 0 Å². The van der Waals surface area contributed by atoms with Crippen molar-refractivity contribution in [2.45, 2.75) is 0 Å². The summed E-state index contributed by atoms with van der Waals surface area (Å²) in [6, 6.07) is 0. The normalized spacial score (nSPS) is 2.40. The fourth-order valence-electron chi connectivity index (χ4n) is 0. The SMILES string of the molecule is O=[C-]O.[Ag].[NH2-]. The molecule has 0 bridgehead atoms. The van der Waals surface area contributed by atoms with E-state index in [1.165, 1.54) is 0 Å². The molecule has 0 aromatic carbocycles. The van der Waals surface area contributed by atoms with Gasteiger partial charge in [-0.05, 0) is 0 Å². The van der Waals surface area contributed by atoms with Crippen molar-refractivity contribution in [3.63, 3.8) is 0 Å². The maximum atomic E-state index is 8.24. The van der Waals surface area contributed by atoms with Crippen LogP contribution in [-0.2, 0) is 27.2 Å². The Morgan fingerprint density at radius 2 is 1.60 bits per heavy atom. The minimum absolute atomic E-state index is 0. The molecule has 0 aliphatic rings. The summed E-state index contributed by atoms with van der Waals surface area (Å²) in [5, 5.41) is 6.76. The van der Waals surface area contributed by atoms with E-state index in [1.807, 2.05) is 0 Å². The smallest absolute Gasteiger partial charge is 0 e. The quantitative estimate of drug-likeness (QED) is 0.419. The molecule has 4 heteroatoms.